The van der Waals surface area contributed by atoms with E-state index in [-0.39, 0.29) is 23.5 Å². The Morgan fingerprint density at radius 2 is 1.81 bits per heavy atom. The first-order chi connectivity index (χ1) is 12.8. The van der Waals surface area contributed by atoms with Crippen molar-refractivity contribution in [3.63, 3.8) is 0 Å². The molecule has 0 aromatic heterocycles. The van der Waals surface area contributed by atoms with Crippen LogP contribution < -0.4 is 4.18 Å². The van der Waals surface area contributed by atoms with Gasteiger partial charge in [-0.2, -0.15) is 8.42 Å². The van der Waals surface area contributed by atoms with E-state index < -0.39 is 10.1 Å². The van der Waals surface area contributed by atoms with Gasteiger partial charge in [-0.3, -0.25) is 4.79 Å². The van der Waals surface area contributed by atoms with Gasteiger partial charge >= 0.3 is 10.1 Å². The van der Waals surface area contributed by atoms with Gasteiger partial charge in [0.1, 0.15) is 5.75 Å². The highest BCUT2D eigenvalue weighted by molar-refractivity contribution is 9.10. The van der Waals surface area contributed by atoms with Crippen molar-refractivity contribution in [3.05, 3.63) is 64.1 Å². The lowest BCUT2D eigenvalue weighted by atomic mass is 10.1. The molecular weight excluding hydrogens is 430 g/mol. The average molecular weight is 454 g/mol. The number of hydrogen-bond acceptors (Lipinski definition) is 4. The highest BCUT2D eigenvalue weighted by Gasteiger charge is 2.21. The summed E-state index contributed by atoms with van der Waals surface area (Å²) in [5.41, 5.74) is 1.42. The van der Waals surface area contributed by atoms with Gasteiger partial charge in [-0.15, -0.1) is 0 Å². The van der Waals surface area contributed by atoms with Gasteiger partial charge in [0.2, 0.25) is 0 Å². The molecule has 1 atom stereocenters. The Labute approximate surface area is 169 Å². The second kappa shape index (κ2) is 9.37. The van der Waals surface area contributed by atoms with Crippen LogP contribution in [0.2, 0.25) is 0 Å². The fourth-order valence-corrected chi connectivity index (χ4v) is 3.28. The fraction of sp³-hybridized carbons (Fsp3) is 0.350. The summed E-state index contributed by atoms with van der Waals surface area (Å²) < 4.78 is 29.4. The van der Waals surface area contributed by atoms with Crippen LogP contribution >= 0.6 is 15.9 Å². The molecule has 7 heteroatoms. The number of hydrogen-bond donors (Lipinski definition) is 0. The lowest BCUT2D eigenvalue weighted by Gasteiger charge is -2.29. The zero-order chi connectivity index (χ0) is 20.0. The van der Waals surface area contributed by atoms with E-state index in [0.29, 0.717) is 12.1 Å². The number of halogens is 1. The minimum absolute atomic E-state index is 0.0325. The van der Waals surface area contributed by atoms with Crippen molar-refractivity contribution in [2.75, 3.05) is 5.75 Å². The third-order valence-electron chi connectivity index (χ3n) is 4.30. The summed E-state index contributed by atoms with van der Waals surface area (Å²) in [6.45, 7) is 5.92. The molecule has 0 fully saturated rings. The number of benzene rings is 2. The average Bonchev–Trinajstić information content (AvgIpc) is 2.65. The smallest absolute Gasteiger partial charge is 0.308 e. The lowest BCUT2D eigenvalue weighted by Crippen LogP contribution is -2.37. The van der Waals surface area contributed by atoms with Gasteiger partial charge in [0.05, 0.1) is 5.75 Å². The van der Waals surface area contributed by atoms with E-state index in [1.165, 1.54) is 6.92 Å². The summed E-state index contributed by atoms with van der Waals surface area (Å²) in [5.74, 6) is 0.0945. The molecule has 2 rings (SSSR count). The molecule has 0 saturated heterocycles. The van der Waals surface area contributed by atoms with Crippen LogP contribution in [-0.4, -0.2) is 31.0 Å². The van der Waals surface area contributed by atoms with Crippen molar-refractivity contribution >= 4 is 32.0 Å². The van der Waals surface area contributed by atoms with Gasteiger partial charge in [-0.25, -0.2) is 0 Å². The predicted octanol–water partition coefficient (Wildman–Crippen LogP) is 4.62. The topological polar surface area (TPSA) is 63.7 Å². The first-order valence-corrected chi connectivity index (χ1v) is 11.2. The molecule has 0 N–H and O–H groups in total. The molecule has 0 heterocycles. The summed E-state index contributed by atoms with van der Waals surface area (Å²) in [5, 5.41) is 0. The predicted molar refractivity (Wildman–Crippen MR) is 110 cm³/mol. The highest BCUT2D eigenvalue weighted by atomic mass is 79.9. The largest absolute Gasteiger partial charge is 0.382 e. The SMILES string of the molecule is CCC(C)N(Cc1cccc(OS(=O)(=O)CC)c1)C(=O)c1ccc(Br)cc1. The van der Waals surface area contributed by atoms with Crippen LogP contribution in [0.3, 0.4) is 0 Å². The monoisotopic (exact) mass is 453 g/mol. The summed E-state index contributed by atoms with van der Waals surface area (Å²) in [6, 6.07) is 14.1. The molecule has 0 radical (unpaired) electrons. The van der Waals surface area contributed by atoms with Gasteiger partial charge in [-0.1, -0.05) is 35.0 Å². The molecule has 1 unspecified atom stereocenters. The molecule has 0 aliphatic heterocycles. The molecule has 0 aliphatic carbocycles. The maximum absolute atomic E-state index is 13.0. The van der Waals surface area contributed by atoms with Crippen molar-refractivity contribution in [2.45, 2.75) is 39.8 Å². The normalized spacial score (nSPS) is 12.4. The Hall–Kier alpha value is -1.86. The molecule has 146 valence electrons. The van der Waals surface area contributed by atoms with Crippen molar-refractivity contribution < 1.29 is 17.4 Å². The standard InChI is InChI=1S/C20H24BrNO4S/c1-4-15(3)22(20(23)17-9-11-18(21)12-10-17)14-16-7-6-8-19(13-16)26-27(24,25)5-2/h6-13,15H,4-5,14H2,1-3H3. The number of nitrogens with zero attached hydrogens (tertiary/aromatic N) is 1. The minimum Gasteiger partial charge on any atom is -0.382 e. The van der Waals surface area contributed by atoms with Crippen LogP contribution in [0.15, 0.2) is 53.0 Å². The van der Waals surface area contributed by atoms with E-state index in [4.69, 9.17) is 4.18 Å². The Balaban J connectivity index is 2.26. The Morgan fingerprint density at radius 3 is 2.41 bits per heavy atom. The fourth-order valence-electron chi connectivity index (χ4n) is 2.50. The molecule has 2 aromatic rings. The Morgan fingerprint density at radius 1 is 1.15 bits per heavy atom. The van der Waals surface area contributed by atoms with Crippen molar-refractivity contribution in [2.24, 2.45) is 0 Å². The molecule has 2 aromatic carbocycles. The van der Waals surface area contributed by atoms with Crippen LogP contribution in [0.4, 0.5) is 0 Å². The van der Waals surface area contributed by atoms with Crippen molar-refractivity contribution in [1.82, 2.24) is 4.90 Å². The third-order valence-corrected chi connectivity index (χ3v) is 5.99. The molecule has 27 heavy (non-hydrogen) atoms. The van der Waals surface area contributed by atoms with Gasteiger partial charge < -0.3 is 9.08 Å². The van der Waals surface area contributed by atoms with Crippen molar-refractivity contribution in [3.8, 4) is 5.75 Å². The van der Waals surface area contributed by atoms with E-state index in [2.05, 4.69) is 15.9 Å². The van der Waals surface area contributed by atoms with E-state index >= 15 is 0 Å². The molecule has 0 saturated carbocycles. The Bertz CT molecular complexity index is 881. The zero-order valence-electron chi connectivity index (χ0n) is 15.7. The third kappa shape index (κ3) is 6.07. The Kier molecular flexibility index (Phi) is 7.44. The van der Waals surface area contributed by atoms with E-state index in [9.17, 15) is 13.2 Å². The van der Waals surface area contributed by atoms with Crippen molar-refractivity contribution in [1.29, 1.82) is 0 Å². The first-order valence-electron chi connectivity index (χ1n) is 8.83. The number of rotatable bonds is 8. The first kappa shape index (κ1) is 21.4. The van der Waals surface area contributed by atoms with Gasteiger partial charge in [0.25, 0.3) is 5.91 Å². The maximum atomic E-state index is 13.0. The molecule has 1 amide bonds. The summed E-state index contributed by atoms with van der Waals surface area (Å²) in [4.78, 5) is 14.8. The number of carbonyl (C=O) groups is 1. The molecular formula is C20H24BrNO4S. The number of carbonyl (C=O) groups excluding carboxylic acids is 1. The molecule has 0 bridgehead atoms. The van der Waals surface area contributed by atoms with Crippen LogP contribution in [-0.2, 0) is 16.7 Å². The van der Waals surface area contributed by atoms with Crippen LogP contribution in [0.25, 0.3) is 0 Å². The van der Waals surface area contributed by atoms with Crippen LogP contribution in [0.5, 0.6) is 5.75 Å². The van der Waals surface area contributed by atoms with Gasteiger partial charge in [0.15, 0.2) is 0 Å². The zero-order valence-corrected chi connectivity index (χ0v) is 18.1. The quantitative estimate of drug-likeness (QED) is 0.547. The van der Waals surface area contributed by atoms with Crippen LogP contribution in [0, 0.1) is 0 Å². The second-order valence-corrected chi connectivity index (χ2v) is 9.05. The lowest BCUT2D eigenvalue weighted by molar-refractivity contribution is 0.0671. The molecule has 0 spiro atoms. The van der Waals surface area contributed by atoms with Gasteiger partial charge in [0, 0.05) is 22.6 Å². The summed E-state index contributed by atoms with van der Waals surface area (Å²) in [7, 11) is -3.59. The second-order valence-electron chi connectivity index (χ2n) is 6.27. The molecule has 0 aliphatic rings. The number of amides is 1. The highest BCUT2D eigenvalue weighted by Crippen LogP contribution is 2.21. The van der Waals surface area contributed by atoms with Gasteiger partial charge in [-0.05, 0) is 62.2 Å². The maximum Gasteiger partial charge on any atom is 0.308 e. The summed E-state index contributed by atoms with van der Waals surface area (Å²) >= 11 is 3.38. The molecule has 5 nitrogen and oxygen atoms in total. The van der Waals surface area contributed by atoms with Crippen LogP contribution in [0.1, 0.15) is 43.1 Å². The minimum atomic E-state index is -3.59. The summed E-state index contributed by atoms with van der Waals surface area (Å²) in [6.07, 6.45) is 0.808. The van der Waals surface area contributed by atoms with E-state index in [0.717, 1.165) is 16.5 Å². The van der Waals surface area contributed by atoms with E-state index in [1.54, 1.807) is 35.2 Å². The van der Waals surface area contributed by atoms with E-state index in [1.807, 2.05) is 32.0 Å².